The Bertz CT molecular complexity index is 505. The monoisotopic (exact) mass is 276 g/mol. The van der Waals surface area contributed by atoms with Gasteiger partial charge in [0, 0.05) is 16.6 Å². The molecule has 0 aromatic heterocycles. The zero-order valence-corrected chi connectivity index (χ0v) is 12.7. The molecule has 4 heteroatoms. The highest BCUT2D eigenvalue weighted by Crippen LogP contribution is 2.39. The minimum atomic E-state index is -0.00115. The molecule has 0 saturated heterocycles. The van der Waals surface area contributed by atoms with Gasteiger partial charge in [0.05, 0.1) is 6.61 Å². The lowest BCUT2D eigenvalue weighted by molar-refractivity contribution is 0.340. The van der Waals surface area contributed by atoms with Gasteiger partial charge in [0.2, 0.25) is 0 Å². The molecule has 1 aliphatic rings. The van der Waals surface area contributed by atoms with Crippen molar-refractivity contribution in [3.8, 4) is 5.75 Å². The molecular formula is C15H20N2OS. The first-order chi connectivity index (χ1) is 8.94. The molecule has 0 fully saturated rings. The van der Waals surface area contributed by atoms with Crippen LogP contribution in [0.2, 0.25) is 0 Å². The van der Waals surface area contributed by atoms with Crippen molar-refractivity contribution >= 4 is 22.6 Å². The first-order valence-electron chi connectivity index (χ1n) is 6.42. The summed E-state index contributed by atoms with van der Waals surface area (Å²) in [5.74, 6) is 0.864. The molecule has 0 amide bonds. The number of ether oxygens (including phenoxy) is 1. The van der Waals surface area contributed by atoms with E-state index >= 15 is 0 Å². The minimum absolute atomic E-state index is 0.00115. The average molecular weight is 276 g/mol. The Morgan fingerprint density at radius 1 is 1.26 bits per heavy atom. The van der Waals surface area contributed by atoms with E-state index in [1.165, 1.54) is 5.57 Å². The molecule has 19 heavy (non-hydrogen) atoms. The van der Waals surface area contributed by atoms with Crippen LogP contribution < -0.4 is 9.64 Å². The van der Waals surface area contributed by atoms with Gasteiger partial charge in [-0.3, -0.25) is 10.3 Å². The summed E-state index contributed by atoms with van der Waals surface area (Å²) in [5, 5.41) is 8.73. The van der Waals surface area contributed by atoms with Gasteiger partial charge >= 0.3 is 0 Å². The molecule has 0 spiro atoms. The topological polar surface area (TPSA) is 36.3 Å². The number of nitrogens with zero attached hydrogens (tertiary/aromatic N) is 1. The van der Waals surface area contributed by atoms with Crippen molar-refractivity contribution < 1.29 is 4.74 Å². The van der Waals surface area contributed by atoms with Crippen LogP contribution in [0.15, 0.2) is 36.0 Å². The molecule has 1 heterocycles. The summed E-state index contributed by atoms with van der Waals surface area (Å²) in [6, 6.07) is 7.86. The Labute approximate surface area is 119 Å². The molecule has 0 bridgehead atoms. The summed E-state index contributed by atoms with van der Waals surface area (Å²) in [6.07, 6.45) is 2.05. The molecule has 2 rings (SSSR count). The summed E-state index contributed by atoms with van der Waals surface area (Å²) >= 11 is 1.58. The number of benzene rings is 1. The lowest BCUT2D eigenvalue weighted by Gasteiger charge is -2.35. The highest BCUT2D eigenvalue weighted by molar-refractivity contribution is 8.15. The second-order valence-electron chi connectivity index (χ2n) is 5.03. The lowest BCUT2D eigenvalue weighted by Crippen LogP contribution is -2.34. The smallest absolute Gasteiger partial charge is 0.165 e. The number of anilines is 1. The fourth-order valence-corrected chi connectivity index (χ4v) is 2.79. The predicted molar refractivity (Wildman–Crippen MR) is 83.2 cm³/mol. The molecule has 1 aromatic carbocycles. The molecule has 102 valence electrons. The van der Waals surface area contributed by atoms with E-state index in [9.17, 15) is 0 Å². The van der Waals surface area contributed by atoms with Crippen molar-refractivity contribution in [3.63, 3.8) is 0 Å². The predicted octanol–water partition coefficient (Wildman–Crippen LogP) is 4.26. The summed E-state index contributed by atoms with van der Waals surface area (Å²) < 4.78 is 5.44. The fraction of sp³-hybridized carbons (Fsp3) is 0.400. The Kier molecular flexibility index (Phi) is 3.90. The third-order valence-corrected chi connectivity index (χ3v) is 4.49. The molecule has 1 aromatic rings. The van der Waals surface area contributed by atoms with E-state index in [2.05, 4.69) is 27.0 Å². The van der Waals surface area contributed by atoms with Gasteiger partial charge in [-0.2, -0.15) is 0 Å². The molecular weight excluding hydrogens is 256 g/mol. The second kappa shape index (κ2) is 5.29. The van der Waals surface area contributed by atoms with Crippen molar-refractivity contribution in [1.29, 1.82) is 5.41 Å². The number of rotatable bonds is 3. The van der Waals surface area contributed by atoms with Crippen molar-refractivity contribution in [1.82, 2.24) is 0 Å². The number of hydrogen-bond donors (Lipinski definition) is 1. The van der Waals surface area contributed by atoms with Crippen molar-refractivity contribution in [3.05, 3.63) is 36.0 Å². The van der Waals surface area contributed by atoms with Gasteiger partial charge in [-0.25, -0.2) is 0 Å². The molecule has 1 aliphatic heterocycles. The van der Waals surface area contributed by atoms with E-state index in [4.69, 9.17) is 10.1 Å². The normalized spacial score (nSPS) is 18.2. The van der Waals surface area contributed by atoms with Crippen LogP contribution in [0, 0.1) is 5.41 Å². The second-order valence-corrected chi connectivity index (χ2v) is 6.64. The van der Waals surface area contributed by atoms with Gasteiger partial charge in [-0.15, -0.1) is 0 Å². The van der Waals surface area contributed by atoms with E-state index in [0.29, 0.717) is 11.8 Å². The maximum atomic E-state index is 8.18. The molecule has 0 saturated carbocycles. The Morgan fingerprint density at radius 3 is 2.47 bits per heavy atom. The largest absolute Gasteiger partial charge is 0.494 e. The quantitative estimate of drug-likeness (QED) is 0.896. The highest BCUT2D eigenvalue weighted by Gasteiger charge is 2.30. The van der Waals surface area contributed by atoms with Crippen LogP contribution in [-0.4, -0.2) is 16.5 Å². The Morgan fingerprint density at radius 2 is 1.89 bits per heavy atom. The van der Waals surface area contributed by atoms with Gasteiger partial charge in [0.25, 0.3) is 0 Å². The first-order valence-corrected chi connectivity index (χ1v) is 7.24. The van der Waals surface area contributed by atoms with Gasteiger partial charge in [0.1, 0.15) is 5.75 Å². The molecule has 0 atom stereocenters. The van der Waals surface area contributed by atoms with Crippen LogP contribution in [0.4, 0.5) is 5.69 Å². The van der Waals surface area contributed by atoms with Gasteiger partial charge in [-0.1, -0.05) is 11.8 Å². The molecule has 0 aliphatic carbocycles. The standard InChI is InChI=1S/C15H20N2OS/c1-5-18-13-8-6-12(7-9-13)17-10-11(2)15(3,4)19-14(17)16/h6-10,16H,5H2,1-4H3. The van der Waals surface area contributed by atoms with E-state index in [-0.39, 0.29) is 4.75 Å². The van der Waals surface area contributed by atoms with Crippen molar-refractivity contribution in [2.24, 2.45) is 0 Å². The summed E-state index contributed by atoms with van der Waals surface area (Å²) in [6.45, 7) is 9.04. The van der Waals surface area contributed by atoms with Gasteiger partial charge in [0.15, 0.2) is 5.17 Å². The summed E-state index contributed by atoms with van der Waals surface area (Å²) in [5.41, 5.74) is 2.26. The molecule has 3 nitrogen and oxygen atoms in total. The molecule has 0 unspecified atom stereocenters. The number of amidine groups is 1. The van der Waals surface area contributed by atoms with Gasteiger partial charge < -0.3 is 4.74 Å². The third-order valence-electron chi connectivity index (χ3n) is 3.27. The van der Waals surface area contributed by atoms with Crippen molar-refractivity contribution in [2.75, 3.05) is 11.5 Å². The average Bonchev–Trinajstić information content (AvgIpc) is 2.35. The van der Waals surface area contributed by atoms with Crippen LogP contribution in [0.3, 0.4) is 0 Å². The highest BCUT2D eigenvalue weighted by atomic mass is 32.2. The first kappa shape index (κ1) is 14.0. The SMILES string of the molecule is CCOc1ccc(N2C=C(C)C(C)(C)SC2=N)cc1. The lowest BCUT2D eigenvalue weighted by atomic mass is 10.1. The zero-order valence-electron chi connectivity index (χ0n) is 11.9. The van der Waals surface area contributed by atoms with Crippen LogP contribution in [0.25, 0.3) is 0 Å². The number of nitrogens with one attached hydrogen (secondary N) is 1. The number of hydrogen-bond acceptors (Lipinski definition) is 3. The number of thioether (sulfide) groups is 1. The van der Waals surface area contributed by atoms with Crippen LogP contribution in [0.5, 0.6) is 5.75 Å². The van der Waals surface area contributed by atoms with Crippen LogP contribution >= 0.6 is 11.8 Å². The molecule has 0 radical (unpaired) electrons. The van der Waals surface area contributed by atoms with Crippen molar-refractivity contribution in [2.45, 2.75) is 32.4 Å². The summed E-state index contributed by atoms with van der Waals surface area (Å²) in [4.78, 5) is 1.92. The van der Waals surface area contributed by atoms with Crippen LogP contribution in [0.1, 0.15) is 27.7 Å². The van der Waals surface area contributed by atoms with E-state index < -0.39 is 0 Å². The van der Waals surface area contributed by atoms with E-state index in [1.807, 2.05) is 36.1 Å². The Hall–Kier alpha value is -1.42. The third kappa shape index (κ3) is 2.95. The Balaban J connectivity index is 2.27. The maximum Gasteiger partial charge on any atom is 0.165 e. The fourth-order valence-electron chi connectivity index (χ4n) is 1.84. The maximum absolute atomic E-state index is 8.18. The zero-order chi connectivity index (χ0) is 14.0. The molecule has 1 N–H and O–H groups in total. The van der Waals surface area contributed by atoms with E-state index in [1.54, 1.807) is 11.8 Å². The van der Waals surface area contributed by atoms with Crippen LogP contribution in [-0.2, 0) is 0 Å². The summed E-state index contributed by atoms with van der Waals surface area (Å²) in [7, 11) is 0. The van der Waals surface area contributed by atoms with E-state index in [0.717, 1.165) is 11.4 Å². The minimum Gasteiger partial charge on any atom is -0.494 e. The van der Waals surface area contributed by atoms with Gasteiger partial charge in [-0.05, 0) is 57.5 Å².